The molecule has 1 aliphatic heterocycles. The van der Waals surface area contributed by atoms with Gasteiger partial charge in [-0.3, -0.25) is 4.90 Å². The van der Waals surface area contributed by atoms with E-state index >= 15 is 0 Å². The van der Waals surface area contributed by atoms with Gasteiger partial charge in [0, 0.05) is 31.3 Å². The maximum Gasteiger partial charge on any atom is 0.127 e. The smallest absolute Gasteiger partial charge is 0.127 e. The highest BCUT2D eigenvalue weighted by Crippen LogP contribution is 2.26. The molecule has 0 fully saturated rings. The predicted octanol–water partition coefficient (Wildman–Crippen LogP) is 2.83. The van der Waals surface area contributed by atoms with Crippen LogP contribution in [-0.2, 0) is 11.3 Å². The zero-order chi connectivity index (χ0) is 14.4. The minimum absolute atomic E-state index is 0.262. The predicted molar refractivity (Wildman–Crippen MR) is 79.1 cm³/mol. The van der Waals surface area contributed by atoms with Crippen molar-refractivity contribution in [3.8, 4) is 11.5 Å². The topological polar surface area (TPSA) is 30.9 Å². The number of hydrogen-bond acceptors (Lipinski definition) is 4. The summed E-state index contributed by atoms with van der Waals surface area (Å²) in [5.41, 5.74) is 1.17. The molecule has 110 valence electrons. The molecule has 0 aromatic heterocycles. The molecule has 1 aromatic rings. The summed E-state index contributed by atoms with van der Waals surface area (Å²) in [6, 6.07) is 5.96. The molecule has 0 saturated heterocycles. The Morgan fingerprint density at radius 2 is 2.15 bits per heavy atom. The van der Waals surface area contributed by atoms with Gasteiger partial charge >= 0.3 is 0 Å². The number of ether oxygens (including phenoxy) is 3. The van der Waals surface area contributed by atoms with Crippen LogP contribution in [0.4, 0.5) is 0 Å². The van der Waals surface area contributed by atoms with Crippen molar-refractivity contribution in [2.75, 3.05) is 27.3 Å². The summed E-state index contributed by atoms with van der Waals surface area (Å²) in [7, 11) is 3.36. The van der Waals surface area contributed by atoms with E-state index in [-0.39, 0.29) is 6.10 Å². The molecule has 0 unspecified atom stereocenters. The van der Waals surface area contributed by atoms with Gasteiger partial charge in [0.1, 0.15) is 17.6 Å². The second-order valence-corrected chi connectivity index (χ2v) is 4.91. The van der Waals surface area contributed by atoms with Gasteiger partial charge in [0.2, 0.25) is 0 Å². The van der Waals surface area contributed by atoms with Gasteiger partial charge in [0.25, 0.3) is 0 Å². The van der Waals surface area contributed by atoms with Crippen LogP contribution in [0.2, 0.25) is 0 Å². The van der Waals surface area contributed by atoms with Crippen LogP contribution in [0.25, 0.3) is 0 Å². The highest BCUT2D eigenvalue weighted by atomic mass is 16.5. The van der Waals surface area contributed by atoms with Crippen LogP contribution < -0.4 is 9.47 Å². The second kappa shape index (κ2) is 7.20. The third kappa shape index (κ3) is 3.67. The van der Waals surface area contributed by atoms with E-state index in [1.807, 2.05) is 18.4 Å². The molecular formula is C16H23NO3. The van der Waals surface area contributed by atoms with E-state index in [0.29, 0.717) is 0 Å². The van der Waals surface area contributed by atoms with Crippen LogP contribution in [0.3, 0.4) is 0 Å². The average molecular weight is 277 g/mol. The number of methoxy groups -OCH3 is 2. The van der Waals surface area contributed by atoms with E-state index in [1.54, 1.807) is 14.2 Å². The highest BCUT2D eigenvalue weighted by molar-refractivity contribution is 5.40. The fourth-order valence-corrected chi connectivity index (χ4v) is 2.34. The molecule has 1 aliphatic rings. The molecule has 1 heterocycles. The van der Waals surface area contributed by atoms with Gasteiger partial charge in [-0.05, 0) is 18.6 Å². The van der Waals surface area contributed by atoms with Crippen LogP contribution >= 0.6 is 0 Å². The van der Waals surface area contributed by atoms with Crippen molar-refractivity contribution in [3.05, 3.63) is 36.1 Å². The summed E-state index contributed by atoms with van der Waals surface area (Å²) >= 11 is 0. The molecule has 0 saturated carbocycles. The van der Waals surface area contributed by atoms with E-state index in [0.717, 1.165) is 37.6 Å². The molecule has 4 nitrogen and oxygen atoms in total. The summed E-state index contributed by atoms with van der Waals surface area (Å²) in [5, 5.41) is 0. The molecule has 0 aliphatic carbocycles. The van der Waals surface area contributed by atoms with Crippen molar-refractivity contribution < 1.29 is 14.2 Å². The summed E-state index contributed by atoms with van der Waals surface area (Å²) in [6.07, 6.45) is 5.16. The van der Waals surface area contributed by atoms with Crippen molar-refractivity contribution in [3.63, 3.8) is 0 Å². The van der Waals surface area contributed by atoms with Gasteiger partial charge in [0.15, 0.2) is 0 Å². The van der Waals surface area contributed by atoms with E-state index in [4.69, 9.17) is 14.2 Å². The van der Waals surface area contributed by atoms with Crippen LogP contribution in [0.5, 0.6) is 11.5 Å². The molecule has 4 heteroatoms. The first-order valence-corrected chi connectivity index (χ1v) is 7.00. The standard InChI is InChI=1S/C16H23NO3/c1-4-14-12-17(8-5-9-20-14)11-13-6-7-15(18-2)10-16(13)19-3/h5-7,9-10,14H,4,8,11-12H2,1-3H3/t14-/m1/s1. The number of benzene rings is 1. The zero-order valence-corrected chi connectivity index (χ0v) is 12.5. The lowest BCUT2D eigenvalue weighted by Crippen LogP contribution is -2.31. The number of rotatable bonds is 5. The van der Waals surface area contributed by atoms with E-state index in [1.165, 1.54) is 5.56 Å². The molecular weight excluding hydrogens is 254 g/mol. The third-order valence-corrected chi connectivity index (χ3v) is 3.54. The van der Waals surface area contributed by atoms with Crippen molar-refractivity contribution in [1.82, 2.24) is 4.90 Å². The average Bonchev–Trinajstić information content (AvgIpc) is 2.72. The van der Waals surface area contributed by atoms with Gasteiger partial charge in [0.05, 0.1) is 20.5 Å². The van der Waals surface area contributed by atoms with E-state index in [9.17, 15) is 0 Å². The van der Waals surface area contributed by atoms with Crippen LogP contribution in [0, 0.1) is 0 Å². The van der Waals surface area contributed by atoms with Crippen molar-refractivity contribution >= 4 is 0 Å². The maximum absolute atomic E-state index is 5.64. The Labute approximate surface area is 120 Å². The second-order valence-electron chi connectivity index (χ2n) is 4.91. The Balaban J connectivity index is 2.10. The molecule has 0 amide bonds. The first kappa shape index (κ1) is 14.7. The monoisotopic (exact) mass is 277 g/mol. The van der Waals surface area contributed by atoms with Crippen molar-refractivity contribution in [2.45, 2.75) is 26.0 Å². The maximum atomic E-state index is 5.64. The van der Waals surface area contributed by atoms with Crippen molar-refractivity contribution in [2.24, 2.45) is 0 Å². The van der Waals surface area contributed by atoms with Crippen LogP contribution in [0.1, 0.15) is 18.9 Å². The van der Waals surface area contributed by atoms with Crippen LogP contribution in [0.15, 0.2) is 30.5 Å². The molecule has 1 aromatic carbocycles. The molecule has 0 radical (unpaired) electrons. The first-order chi connectivity index (χ1) is 9.76. The van der Waals surface area contributed by atoms with Gasteiger partial charge in [-0.25, -0.2) is 0 Å². The SMILES string of the molecule is CC[C@@H]1CN(Cc2ccc(OC)cc2OC)CC=CO1. The zero-order valence-electron chi connectivity index (χ0n) is 12.5. The first-order valence-electron chi connectivity index (χ1n) is 7.00. The van der Waals surface area contributed by atoms with Crippen molar-refractivity contribution in [1.29, 1.82) is 0 Å². The Morgan fingerprint density at radius 1 is 1.30 bits per heavy atom. The molecule has 20 heavy (non-hydrogen) atoms. The lowest BCUT2D eigenvalue weighted by Gasteiger charge is -2.24. The lowest BCUT2D eigenvalue weighted by molar-refractivity contribution is 0.105. The summed E-state index contributed by atoms with van der Waals surface area (Å²) in [6.45, 7) is 4.82. The highest BCUT2D eigenvalue weighted by Gasteiger charge is 2.16. The lowest BCUT2D eigenvalue weighted by atomic mass is 10.1. The van der Waals surface area contributed by atoms with Gasteiger partial charge < -0.3 is 14.2 Å². The minimum Gasteiger partial charge on any atom is -0.497 e. The largest absolute Gasteiger partial charge is 0.497 e. The Morgan fingerprint density at radius 3 is 2.85 bits per heavy atom. The fraction of sp³-hybridized carbons (Fsp3) is 0.500. The molecule has 0 N–H and O–H groups in total. The quantitative estimate of drug-likeness (QED) is 0.828. The third-order valence-electron chi connectivity index (χ3n) is 3.54. The summed E-state index contributed by atoms with van der Waals surface area (Å²) in [5.74, 6) is 1.68. The molecule has 0 bridgehead atoms. The fourth-order valence-electron chi connectivity index (χ4n) is 2.34. The molecule has 0 spiro atoms. The van der Waals surface area contributed by atoms with E-state index < -0.39 is 0 Å². The van der Waals surface area contributed by atoms with Gasteiger partial charge in [-0.2, -0.15) is 0 Å². The van der Waals surface area contributed by atoms with Gasteiger partial charge in [-0.1, -0.05) is 13.0 Å². The molecule has 2 rings (SSSR count). The Bertz CT molecular complexity index is 459. The summed E-state index contributed by atoms with van der Waals surface area (Å²) < 4.78 is 16.3. The van der Waals surface area contributed by atoms with Crippen LogP contribution in [-0.4, -0.2) is 38.3 Å². The Kier molecular flexibility index (Phi) is 5.30. The number of nitrogens with zero attached hydrogens (tertiary/aromatic N) is 1. The minimum atomic E-state index is 0.262. The summed E-state index contributed by atoms with van der Waals surface area (Å²) in [4.78, 5) is 2.36. The number of hydrogen-bond donors (Lipinski definition) is 0. The van der Waals surface area contributed by atoms with Gasteiger partial charge in [-0.15, -0.1) is 0 Å². The van der Waals surface area contributed by atoms with E-state index in [2.05, 4.69) is 24.0 Å². The Hall–Kier alpha value is -1.68. The normalized spacial score (nSPS) is 19.2. The molecule has 1 atom stereocenters.